The van der Waals surface area contributed by atoms with Crippen molar-refractivity contribution in [2.45, 2.75) is 45.5 Å². The molecule has 3 rings (SSSR count). The van der Waals surface area contributed by atoms with Gasteiger partial charge in [-0.25, -0.2) is 9.59 Å². The van der Waals surface area contributed by atoms with Crippen molar-refractivity contribution >= 4 is 42.7 Å². The molecule has 0 unspecified atom stereocenters. The van der Waals surface area contributed by atoms with E-state index in [0.717, 1.165) is 27.6 Å². The Morgan fingerprint density at radius 2 is 1.82 bits per heavy atom. The molecule has 0 saturated carbocycles. The summed E-state index contributed by atoms with van der Waals surface area (Å²) in [7, 11) is -0.651. The number of ether oxygens (including phenoxy) is 1. The molecular formula is C24H28BNO6S. The van der Waals surface area contributed by atoms with E-state index >= 15 is 0 Å². The Morgan fingerprint density at radius 3 is 2.45 bits per heavy atom. The number of thiophene rings is 1. The summed E-state index contributed by atoms with van der Waals surface area (Å²) < 4.78 is 17.7. The van der Waals surface area contributed by atoms with E-state index in [1.54, 1.807) is 0 Å². The van der Waals surface area contributed by atoms with Gasteiger partial charge < -0.3 is 24.5 Å². The number of amides is 1. The van der Waals surface area contributed by atoms with E-state index in [9.17, 15) is 9.59 Å². The predicted molar refractivity (Wildman–Crippen MR) is 130 cm³/mol. The Balaban J connectivity index is 1.72. The van der Waals surface area contributed by atoms with Crippen LogP contribution < -0.4 is 5.32 Å². The van der Waals surface area contributed by atoms with Crippen molar-refractivity contribution in [1.82, 2.24) is 5.32 Å². The minimum atomic E-state index is -1.00. The third-order valence-electron chi connectivity index (χ3n) is 5.59. The fourth-order valence-corrected chi connectivity index (χ4v) is 3.80. The van der Waals surface area contributed by atoms with Crippen molar-refractivity contribution in [3.8, 4) is 0 Å². The van der Waals surface area contributed by atoms with Crippen LogP contribution in [0.15, 0.2) is 53.3 Å². The number of benzene rings is 1. The summed E-state index contributed by atoms with van der Waals surface area (Å²) >= 11 is 1.42. The van der Waals surface area contributed by atoms with E-state index in [4.69, 9.17) is 19.2 Å². The molecule has 1 amide bonds. The van der Waals surface area contributed by atoms with Gasteiger partial charge in [0.2, 0.25) is 0 Å². The van der Waals surface area contributed by atoms with Crippen LogP contribution in [0.1, 0.15) is 43.7 Å². The second kappa shape index (κ2) is 10.4. The number of carbonyl (C=O) groups excluding carboxylic acids is 1. The molecule has 1 aliphatic rings. The quantitative estimate of drug-likeness (QED) is 0.427. The molecule has 1 fully saturated rings. The van der Waals surface area contributed by atoms with Crippen LogP contribution in [-0.4, -0.2) is 42.0 Å². The van der Waals surface area contributed by atoms with Gasteiger partial charge >= 0.3 is 19.2 Å². The molecule has 1 aliphatic heterocycles. The first-order valence-corrected chi connectivity index (χ1v) is 11.4. The maximum Gasteiger partial charge on any atom is 0.492 e. The summed E-state index contributed by atoms with van der Waals surface area (Å²) in [6.07, 6.45) is 3.97. The van der Waals surface area contributed by atoms with Crippen LogP contribution in [0.2, 0.25) is 0 Å². The van der Waals surface area contributed by atoms with Crippen LogP contribution in [0.5, 0.6) is 0 Å². The van der Waals surface area contributed by atoms with Gasteiger partial charge in [0.05, 0.1) is 11.2 Å². The molecule has 1 aromatic heterocycles. The topological polar surface area (TPSA) is 94.1 Å². The lowest BCUT2D eigenvalue weighted by Crippen LogP contribution is -2.41. The van der Waals surface area contributed by atoms with Gasteiger partial charge in [0.25, 0.3) is 0 Å². The lowest BCUT2D eigenvalue weighted by Gasteiger charge is -2.32. The Morgan fingerprint density at radius 1 is 1.15 bits per heavy atom. The first kappa shape index (κ1) is 24.8. The van der Waals surface area contributed by atoms with Crippen molar-refractivity contribution in [1.29, 1.82) is 0 Å². The van der Waals surface area contributed by atoms with Crippen molar-refractivity contribution in [2.75, 3.05) is 6.54 Å². The highest BCUT2D eigenvalue weighted by atomic mass is 32.1. The first-order valence-electron chi connectivity index (χ1n) is 10.6. The molecule has 0 bridgehead atoms. The van der Waals surface area contributed by atoms with Gasteiger partial charge in [-0.3, -0.25) is 0 Å². The SMILES string of the molecule is CC1(C)OB(C(=Cc2csc(/C=C/C(=O)O)c2)CNC(=O)OCc2ccccc2)OC1(C)C. The third-order valence-corrected chi connectivity index (χ3v) is 6.50. The molecule has 174 valence electrons. The molecule has 0 atom stereocenters. The van der Waals surface area contributed by atoms with Crippen LogP contribution in [0.3, 0.4) is 0 Å². The summed E-state index contributed by atoms with van der Waals surface area (Å²) in [6.45, 7) is 8.20. The highest BCUT2D eigenvalue weighted by Crippen LogP contribution is 2.38. The van der Waals surface area contributed by atoms with E-state index < -0.39 is 30.4 Å². The number of carboxylic acid groups (broad SMARTS) is 1. The van der Waals surface area contributed by atoms with Crippen molar-refractivity contribution in [3.05, 3.63) is 69.3 Å². The van der Waals surface area contributed by atoms with Gasteiger partial charge in [0, 0.05) is 17.5 Å². The molecule has 0 radical (unpaired) electrons. The fourth-order valence-electron chi connectivity index (χ4n) is 3.04. The molecule has 7 nitrogen and oxygen atoms in total. The monoisotopic (exact) mass is 469 g/mol. The van der Waals surface area contributed by atoms with Gasteiger partial charge in [-0.15, -0.1) is 11.3 Å². The van der Waals surface area contributed by atoms with E-state index in [0.29, 0.717) is 0 Å². The molecule has 0 spiro atoms. The van der Waals surface area contributed by atoms with Gasteiger partial charge in [-0.2, -0.15) is 0 Å². The van der Waals surface area contributed by atoms with E-state index in [-0.39, 0.29) is 13.2 Å². The zero-order chi connectivity index (χ0) is 24.1. The number of carbonyl (C=O) groups is 2. The predicted octanol–water partition coefficient (Wildman–Crippen LogP) is 4.79. The maximum atomic E-state index is 12.3. The standard InChI is InChI=1S/C24H28BNO6S/c1-23(2)24(3,4)32-25(31-23)19(12-18-13-20(33-16-18)10-11-21(27)28)14-26-22(29)30-15-17-8-6-5-7-9-17/h5-13,16H,14-15H2,1-4H3,(H,26,29)(H,27,28)/b11-10+,19-12?. The van der Waals surface area contributed by atoms with Crippen LogP contribution in [-0.2, 0) is 25.4 Å². The number of alkyl carbamates (subject to hydrolysis) is 1. The Kier molecular flexibility index (Phi) is 7.78. The minimum absolute atomic E-state index is 0.167. The average Bonchev–Trinajstić information content (AvgIpc) is 3.29. The second-order valence-corrected chi connectivity index (χ2v) is 9.62. The highest BCUT2D eigenvalue weighted by molar-refractivity contribution is 7.11. The summed E-state index contributed by atoms with van der Waals surface area (Å²) in [4.78, 5) is 23.9. The number of nitrogens with one attached hydrogen (secondary N) is 1. The summed E-state index contributed by atoms with van der Waals surface area (Å²) in [6, 6.07) is 11.3. The molecule has 1 saturated heterocycles. The largest absolute Gasteiger partial charge is 0.492 e. The number of carboxylic acids is 1. The average molecular weight is 469 g/mol. The lowest BCUT2D eigenvalue weighted by molar-refractivity contribution is -0.131. The Hall–Kier alpha value is -2.88. The van der Waals surface area contributed by atoms with Crippen molar-refractivity contribution < 1.29 is 28.7 Å². The molecule has 2 heterocycles. The molecule has 2 N–H and O–H groups in total. The van der Waals surface area contributed by atoms with E-state index in [1.165, 1.54) is 17.4 Å². The van der Waals surface area contributed by atoms with E-state index in [2.05, 4.69) is 5.32 Å². The van der Waals surface area contributed by atoms with Gasteiger partial charge in [0.1, 0.15) is 6.61 Å². The summed E-state index contributed by atoms with van der Waals surface area (Å²) in [5.74, 6) is -1.00. The normalized spacial score (nSPS) is 17.3. The van der Waals surface area contributed by atoms with Gasteiger partial charge in [-0.1, -0.05) is 36.4 Å². The molecule has 2 aromatic rings. The van der Waals surface area contributed by atoms with E-state index in [1.807, 2.05) is 75.5 Å². The molecular weight excluding hydrogens is 441 g/mol. The third kappa shape index (κ3) is 6.80. The van der Waals surface area contributed by atoms with Crippen molar-refractivity contribution in [2.24, 2.45) is 0 Å². The smallest absolute Gasteiger partial charge is 0.478 e. The number of aliphatic carboxylic acids is 1. The van der Waals surface area contributed by atoms with Crippen LogP contribution in [0, 0.1) is 0 Å². The number of hydrogen-bond donors (Lipinski definition) is 2. The molecule has 9 heteroatoms. The number of hydrogen-bond acceptors (Lipinski definition) is 6. The fraction of sp³-hybridized carbons (Fsp3) is 0.333. The van der Waals surface area contributed by atoms with Crippen LogP contribution in [0.4, 0.5) is 4.79 Å². The molecule has 0 aliphatic carbocycles. The molecule has 1 aromatic carbocycles. The Labute approximate surface area is 198 Å². The highest BCUT2D eigenvalue weighted by Gasteiger charge is 2.52. The maximum absolute atomic E-state index is 12.3. The lowest BCUT2D eigenvalue weighted by atomic mass is 9.77. The zero-order valence-electron chi connectivity index (χ0n) is 19.2. The van der Waals surface area contributed by atoms with Crippen LogP contribution in [0.25, 0.3) is 12.2 Å². The van der Waals surface area contributed by atoms with Gasteiger partial charge in [-0.05, 0) is 61.8 Å². The second-order valence-electron chi connectivity index (χ2n) is 8.68. The zero-order valence-corrected chi connectivity index (χ0v) is 20.0. The summed E-state index contributed by atoms with van der Waals surface area (Å²) in [5.41, 5.74) is 1.41. The first-order chi connectivity index (χ1) is 15.6. The van der Waals surface area contributed by atoms with Gasteiger partial charge in [0.15, 0.2) is 0 Å². The number of rotatable bonds is 8. The van der Waals surface area contributed by atoms with Crippen LogP contribution >= 0.6 is 11.3 Å². The minimum Gasteiger partial charge on any atom is -0.478 e. The Bertz CT molecular complexity index is 1030. The van der Waals surface area contributed by atoms with Crippen molar-refractivity contribution in [3.63, 3.8) is 0 Å². The molecule has 33 heavy (non-hydrogen) atoms. The summed E-state index contributed by atoms with van der Waals surface area (Å²) in [5, 5.41) is 13.5.